The number of carboxylic acids is 2. The summed E-state index contributed by atoms with van der Waals surface area (Å²) < 4.78 is 0. The molecule has 0 unspecified atom stereocenters. The molecule has 13 N–H and O–H groups in total. The van der Waals surface area contributed by atoms with Crippen molar-refractivity contribution in [2.24, 2.45) is 33.7 Å². The summed E-state index contributed by atoms with van der Waals surface area (Å²) in [5.74, 6) is -1.82. The van der Waals surface area contributed by atoms with Gasteiger partial charge in [0, 0.05) is 13.0 Å². The van der Waals surface area contributed by atoms with Crippen molar-refractivity contribution in [2.75, 3.05) is 6.54 Å². The van der Waals surface area contributed by atoms with Crippen molar-refractivity contribution < 1.29 is 19.8 Å². The van der Waals surface area contributed by atoms with E-state index in [1.54, 1.807) is 0 Å². The summed E-state index contributed by atoms with van der Waals surface area (Å²) in [5.41, 5.74) is 25.7. The first-order valence-electron chi connectivity index (χ1n) is 7.43. The standard InChI is InChI=1S/C7H15N3O2.C6H14N4O2/c8-5(7(11)12)3-1-2-4-6(9)10;7-4(5(11)12)2-1-3-10-6(8)9/h5H,1-4,8H2,(H3,9,10)(H,11,12);4H,1-3,7H2,(H,11,12)(H4,8,9,10)/t5-;4-/m10/s1. The third-order valence-corrected chi connectivity index (χ3v) is 2.81. The van der Waals surface area contributed by atoms with Crippen molar-refractivity contribution in [3.63, 3.8) is 0 Å². The Kier molecular flexibility index (Phi) is 14.1. The van der Waals surface area contributed by atoms with Gasteiger partial charge in [0.1, 0.15) is 12.1 Å². The first kappa shape index (κ1) is 23.9. The Morgan fingerprint density at radius 1 is 0.917 bits per heavy atom. The van der Waals surface area contributed by atoms with Gasteiger partial charge in [0.25, 0.3) is 0 Å². The number of aliphatic carboxylic acids is 2. The minimum absolute atomic E-state index is 0.0129. The van der Waals surface area contributed by atoms with Gasteiger partial charge in [-0.2, -0.15) is 0 Å². The molecule has 0 bridgehead atoms. The van der Waals surface area contributed by atoms with Gasteiger partial charge in [0.15, 0.2) is 5.96 Å². The van der Waals surface area contributed by atoms with E-state index >= 15 is 0 Å². The average molecular weight is 347 g/mol. The molecule has 11 nitrogen and oxygen atoms in total. The molecule has 140 valence electrons. The zero-order valence-electron chi connectivity index (χ0n) is 13.6. The van der Waals surface area contributed by atoms with E-state index in [2.05, 4.69) is 4.99 Å². The van der Waals surface area contributed by atoms with E-state index in [0.717, 1.165) is 6.42 Å². The van der Waals surface area contributed by atoms with Crippen LogP contribution in [0, 0.1) is 5.41 Å². The molecule has 0 aromatic heterocycles. The van der Waals surface area contributed by atoms with E-state index in [1.165, 1.54) is 0 Å². The highest BCUT2D eigenvalue weighted by atomic mass is 16.4. The van der Waals surface area contributed by atoms with Crippen LogP contribution >= 0.6 is 0 Å². The van der Waals surface area contributed by atoms with E-state index in [9.17, 15) is 9.59 Å². The minimum Gasteiger partial charge on any atom is -0.480 e. The molecule has 0 aliphatic rings. The number of carbonyl (C=O) groups is 2. The number of carboxylic acid groups (broad SMARTS) is 2. The Hall–Kier alpha value is -2.40. The molecule has 11 heteroatoms. The van der Waals surface area contributed by atoms with Crippen molar-refractivity contribution in [1.82, 2.24) is 0 Å². The maximum Gasteiger partial charge on any atom is 0.320 e. The van der Waals surface area contributed by atoms with Crippen LogP contribution in [0.5, 0.6) is 0 Å². The molecule has 0 saturated heterocycles. The Balaban J connectivity index is 0. The molecule has 0 aliphatic heterocycles. The molecule has 24 heavy (non-hydrogen) atoms. The zero-order chi connectivity index (χ0) is 19.1. The van der Waals surface area contributed by atoms with Crippen molar-refractivity contribution >= 4 is 23.7 Å². The van der Waals surface area contributed by atoms with Gasteiger partial charge in [0.05, 0.1) is 5.84 Å². The van der Waals surface area contributed by atoms with Crippen LogP contribution in [0.4, 0.5) is 0 Å². The molecule has 0 amide bonds. The second kappa shape index (κ2) is 14.2. The number of hydrogen-bond donors (Lipinski definition) is 8. The lowest BCUT2D eigenvalue weighted by Gasteiger charge is -2.04. The number of unbranched alkanes of at least 4 members (excludes halogenated alkanes) is 1. The topological polar surface area (TPSA) is 241 Å². The van der Waals surface area contributed by atoms with Crippen molar-refractivity contribution in [3.8, 4) is 0 Å². The number of aliphatic imine (C=N–C) groups is 1. The van der Waals surface area contributed by atoms with Crippen LogP contribution in [0.3, 0.4) is 0 Å². The predicted molar refractivity (Wildman–Crippen MR) is 91.5 cm³/mol. The third-order valence-electron chi connectivity index (χ3n) is 2.81. The van der Waals surface area contributed by atoms with Gasteiger partial charge in [-0.3, -0.25) is 20.0 Å². The van der Waals surface area contributed by atoms with Gasteiger partial charge in [-0.15, -0.1) is 0 Å². The number of nitrogens with one attached hydrogen (secondary N) is 1. The van der Waals surface area contributed by atoms with E-state index in [-0.39, 0.29) is 11.8 Å². The van der Waals surface area contributed by atoms with Crippen molar-refractivity contribution in [1.29, 1.82) is 5.41 Å². The number of hydrogen-bond acceptors (Lipinski definition) is 6. The highest BCUT2D eigenvalue weighted by Crippen LogP contribution is 2.01. The summed E-state index contributed by atoms with van der Waals surface area (Å²) in [5, 5.41) is 23.7. The summed E-state index contributed by atoms with van der Waals surface area (Å²) in [6.07, 6.45) is 3.36. The van der Waals surface area contributed by atoms with Crippen molar-refractivity contribution in [3.05, 3.63) is 0 Å². The summed E-state index contributed by atoms with van der Waals surface area (Å²) in [4.78, 5) is 24.1. The van der Waals surface area contributed by atoms with Gasteiger partial charge in [0.2, 0.25) is 0 Å². The van der Waals surface area contributed by atoms with Gasteiger partial charge >= 0.3 is 11.9 Å². The van der Waals surface area contributed by atoms with E-state index in [4.69, 9.17) is 44.3 Å². The number of nitrogens with zero attached hydrogens (tertiary/aromatic N) is 1. The third kappa shape index (κ3) is 17.7. The SMILES string of the molecule is N=C(N)CCCC[C@@H](N)C(=O)O.NC(N)=NCCC[C@H](N)C(=O)O. The summed E-state index contributed by atoms with van der Waals surface area (Å²) in [6.45, 7) is 0.420. The maximum atomic E-state index is 10.2. The largest absolute Gasteiger partial charge is 0.480 e. The summed E-state index contributed by atoms with van der Waals surface area (Å²) in [6, 6.07) is -1.60. The van der Waals surface area contributed by atoms with Gasteiger partial charge in [-0.1, -0.05) is 6.42 Å². The van der Waals surface area contributed by atoms with Gasteiger partial charge in [-0.05, 0) is 25.7 Å². The molecular weight excluding hydrogens is 318 g/mol. The normalized spacial score (nSPS) is 12.2. The Morgan fingerprint density at radius 2 is 1.38 bits per heavy atom. The summed E-state index contributed by atoms with van der Waals surface area (Å²) in [7, 11) is 0. The highest BCUT2D eigenvalue weighted by Gasteiger charge is 2.10. The molecule has 0 aromatic carbocycles. The zero-order valence-corrected chi connectivity index (χ0v) is 13.6. The van der Waals surface area contributed by atoms with E-state index < -0.39 is 24.0 Å². The molecule has 0 aliphatic carbocycles. The molecule has 0 heterocycles. The molecule has 0 rings (SSSR count). The number of amidine groups is 1. The summed E-state index contributed by atoms with van der Waals surface area (Å²) >= 11 is 0. The number of guanidine groups is 1. The Morgan fingerprint density at radius 3 is 1.75 bits per heavy atom. The lowest BCUT2D eigenvalue weighted by molar-refractivity contribution is -0.139. The predicted octanol–water partition coefficient (Wildman–Crippen LogP) is -1.65. The Labute approximate surface area is 140 Å². The maximum absolute atomic E-state index is 10.2. The first-order chi connectivity index (χ1) is 11.1. The van der Waals surface area contributed by atoms with Crippen LogP contribution in [-0.4, -0.2) is 52.6 Å². The minimum atomic E-state index is -1.00. The van der Waals surface area contributed by atoms with Crippen LogP contribution in [0.1, 0.15) is 38.5 Å². The quantitative estimate of drug-likeness (QED) is 0.121. The number of rotatable bonds is 11. The monoisotopic (exact) mass is 347 g/mol. The highest BCUT2D eigenvalue weighted by molar-refractivity contribution is 5.76. The molecule has 0 aromatic rings. The second-order valence-electron chi connectivity index (χ2n) is 5.11. The molecule has 0 saturated carbocycles. The fourth-order valence-corrected chi connectivity index (χ4v) is 1.45. The average Bonchev–Trinajstić information content (AvgIpc) is 2.47. The Bertz CT molecular complexity index is 425. The molecule has 2 atom stereocenters. The lowest BCUT2D eigenvalue weighted by atomic mass is 10.1. The van der Waals surface area contributed by atoms with Gasteiger partial charge in [-0.25, -0.2) is 0 Å². The fourth-order valence-electron chi connectivity index (χ4n) is 1.45. The molecular formula is C13H29N7O4. The fraction of sp³-hybridized carbons (Fsp3) is 0.692. The number of nitrogens with two attached hydrogens (primary N) is 5. The van der Waals surface area contributed by atoms with E-state index in [1.807, 2.05) is 0 Å². The first-order valence-corrected chi connectivity index (χ1v) is 7.43. The van der Waals surface area contributed by atoms with Crippen LogP contribution in [-0.2, 0) is 9.59 Å². The second-order valence-corrected chi connectivity index (χ2v) is 5.11. The van der Waals surface area contributed by atoms with Gasteiger partial charge < -0.3 is 38.9 Å². The van der Waals surface area contributed by atoms with Crippen LogP contribution in [0.15, 0.2) is 4.99 Å². The van der Waals surface area contributed by atoms with Crippen LogP contribution < -0.4 is 28.7 Å². The lowest BCUT2D eigenvalue weighted by Crippen LogP contribution is -2.30. The van der Waals surface area contributed by atoms with Crippen LogP contribution in [0.25, 0.3) is 0 Å². The van der Waals surface area contributed by atoms with E-state index in [0.29, 0.717) is 38.6 Å². The van der Waals surface area contributed by atoms with Crippen molar-refractivity contribution in [2.45, 2.75) is 50.6 Å². The smallest absolute Gasteiger partial charge is 0.320 e. The molecule has 0 fully saturated rings. The molecule has 0 spiro atoms. The van der Waals surface area contributed by atoms with Crippen LogP contribution in [0.2, 0.25) is 0 Å². The molecule has 0 radical (unpaired) electrons.